The lowest BCUT2D eigenvalue weighted by Crippen LogP contribution is -2.41. The van der Waals surface area contributed by atoms with Gasteiger partial charge >= 0.3 is 6.03 Å². The van der Waals surface area contributed by atoms with E-state index in [-0.39, 0.29) is 12.1 Å². The zero-order chi connectivity index (χ0) is 20.5. The average Bonchev–Trinajstić information content (AvgIpc) is 3.42. The van der Waals surface area contributed by atoms with Crippen molar-refractivity contribution in [1.82, 2.24) is 14.8 Å². The van der Waals surface area contributed by atoms with E-state index in [1.807, 2.05) is 35.2 Å². The molecule has 0 bridgehead atoms. The monoisotopic (exact) mass is 397 g/mol. The van der Waals surface area contributed by atoms with Crippen molar-refractivity contribution < 1.29 is 9.21 Å². The molecule has 0 fully saturated rings. The Morgan fingerprint density at radius 1 is 1.07 bits per heavy atom. The minimum Gasteiger partial charge on any atom is -0.467 e. The Morgan fingerprint density at radius 2 is 1.97 bits per heavy atom. The summed E-state index contributed by atoms with van der Waals surface area (Å²) in [5.41, 5.74) is 5.55. The van der Waals surface area contributed by atoms with Crippen LogP contribution in [0.5, 0.6) is 0 Å². The maximum Gasteiger partial charge on any atom is 0.318 e. The van der Waals surface area contributed by atoms with Gasteiger partial charge in [-0.2, -0.15) is 0 Å². The first kappa shape index (κ1) is 18.3. The second-order valence-corrected chi connectivity index (χ2v) is 7.61. The third kappa shape index (κ3) is 3.28. The predicted molar refractivity (Wildman–Crippen MR) is 115 cm³/mol. The molecule has 1 atom stereocenters. The number of urea groups is 1. The molecule has 5 nitrogen and oxygen atoms in total. The standard InChI is InChI=1S/C25H23N3O2/c1-18-7-4-9-19(15-18)24-23-12-5-13-27(23)22-11-3-2-8-20(22)17-28(24)25(29)26-16-21-10-6-14-30-21/h2-15,24H,16-17H2,1H3,(H,26,29). The topological polar surface area (TPSA) is 50.4 Å². The number of nitrogens with zero attached hydrogens (tertiary/aromatic N) is 2. The quantitative estimate of drug-likeness (QED) is 0.517. The van der Waals surface area contributed by atoms with E-state index in [0.717, 1.165) is 28.3 Å². The van der Waals surface area contributed by atoms with Gasteiger partial charge in [0.15, 0.2) is 0 Å². The van der Waals surface area contributed by atoms with E-state index in [9.17, 15) is 4.79 Å². The molecule has 5 rings (SSSR count). The van der Waals surface area contributed by atoms with Gasteiger partial charge in [0.05, 0.1) is 31.1 Å². The highest BCUT2D eigenvalue weighted by molar-refractivity contribution is 5.76. The minimum atomic E-state index is -0.205. The minimum absolute atomic E-state index is 0.123. The normalized spacial score (nSPS) is 15.2. The molecule has 30 heavy (non-hydrogen) atoms. The van der Waals surface area contributed by atoms with Gasteiger partial charge in [0.25, 0.3) is 0 Å². The first-order valence-electron chi connectivity index (χ1n) is 10.1. The molecule has 1 aliphatic heterocycles. The van der Waals surface area contributed by atoms with E-state index in [2.05, 4.69) is 65.5 Å². The number of fused-ring (bicyclic) bond motifs is 3. The second kappa shape index (κ2) is 7.59. The fourth-order valence-electron chi connectivity index (χ4n) is 4.21. The first-order valence-corrected chi connectivity index (χ1v) is 10.1. The molecule has 2 amide bonds. The molecule has 1 unspecified atom stereocenters. The zero-order valence-corrected chi connectivity index (χ0v) is 16.8. The van der Waals surface area contributed by atoms with Gasteiger partial charge in [-0.25, -0.2) is 4.79 Å². The molecule has 3 heterocycles. The summed E-state index contributed by atoms with van der Waals surface area (Å²) in [5, 5.41) is 3.03. The van der Waals surface area contributed by atoms with Crippen LogP contribution in [0.3, 0.4) is 0 Å². The van der Waals surface area contributed by atoms with Crippen molar-refractivity contribution in [2.45, 2.75) is 26.1 Å². The van der Waals surface area contributed by atoms with Crippen molar-refractivity contribution in [3.8, 4) is 5.69 Å². The molecule has 5 heteroatoms. The lowest BCUT2D eigenvalue weighted by atomic mass is 10.00. The second-order valence-electron chi connectivity index (χ2n) is 7.61. The van der Waals surface area contributed by atoms with Crippen molar-refractivity contribution in [2.24, 2.45) is 0 Å². The van der Waals surface area contributed by atoms with Crippen LogP contribution in [0.4, 0.5) is 4.79 Å². The number of carbonyl (C=O) groups excluding carboxylic acids is 1. The van der Waals surface area contributed by atoms with E-state index in [1.165, 1.54) is 5.56 Å². The number of aromatic nitrogens is 1. The molecule has 0 aliphatic carbocycles. The number of aryl methyl sites for hydroxylation is 1. The van der Waals surface area contributed by atoms with Crippen molar-refractivity contribution in [2.75, 3.05) is 0 Å². The number of hydrogen-bond acceptors (Lipinski definition) is 2. The summed E-state index contributed by atoms with van der Waals surface area (Å²) >= 11 is 0. The molecule has 2 aromatic heterocycles. The summed E-state index contributed by atoms with van der Waals surface area (Å²) in [4.78, 5) is 15.3. The van der Waals surface area contributed by atoms with Crippen molar-refractivity contribution in [1.29, 1.82) is 0 Å². The number of para-hydroxylation sites is 1. The molecule has 0 radical (unpaired) electrons. The first-order chi connectivity index (χ1) is 14.7. The predicted octanol–water partition coefficient (Wildman–Crippen LogP) is 5.19. The fraction of sp³-hybridized carbons (Fsp3) is 0.160. The third-order valence-corrected chi connectivity index (χ3v) is 5.58. The molecular formula is C25H23N3O2. The van der Waals surface area contributed by atoms with Crippen LogP contribution >= 0.6 is 0 Å². The molecule has 1 N–H and O–H groups in total. The van der Waals surface area contributed by atoms with Gasteiger partial charge in [0.2, 0.25) is 0 Å². The lowest BCUT2D eigenvalue weighted by Gasteiger charge is -2.31. The molecule has 1 aliphatic rings. The Bertz CT molecular complexity index is 1180. The largest absolute Gasteiger partial charge is 0.467 e. The molecule has 150 valence electrons. The van der Waals surface area contributed by atoms with Crippen molar-refractivity contribution in [3.05, 3.63) is 113 Å². The molecule has 2 aromatic carbocycles. The highest BCUT2D eigenvalue weighted by atomic mass is 16.3. The number of benzene rings is 2. The zero-order valence-electron chi connectivity index (χ0n) is 16.8. The Kier molecular flexibility index (Phi) is 4.64. The average molecular weight is 397 g/mol. The van der Waals surface area contributed by atoms with Gasteiger partial charge in [-0.15, -0.1) is 0 Å². The number of amides is 2. The maximum absolute atomic E-state index is 13.4. The summed E-state index contributed by atoms with van der Waals surface area (Å²) in [6.45, 7) is 2.95. The number of rotatable bonds is 3. The smallest absolute Gasteiger partial charge is 0.318 e. The molecule has 0 saturated carbocycles. The van der Waals surface area contributed by atoms with Gasteiger partial charge in [0.1, 0.15) is 5.76 Å². The van der Waals surface area contributed by atoms with Crippen LogP contribution in [-0.2, 0) is 13.1 Å². The van der Waals surface area contributed by atoms with E-state index in [0.29, 0.717) is 13.1 Å². The van der Waals surface area contributed by atoms with E-state index < -0.39 is 0 Å². The van der Waals surface area contributed by atoms with Crippen LogP contribution in [0, 0.1) is 6.92 Å². The summed E-state index contributed by atoms with van der Waals surface area (Å²) < 4.78 is 7.58. The Hall–Kier alpha value is -3.73. The number of carbonyl (C=O) groups is 1. The molecule has 4 aromatic rings. The van der Waals surface area contributed by atoms with Crippen LogP contribution in [0.25, 0.3) is 5.69 Å². The summed E-state index contributed by atoms with van der Waals surface area (Å²) in [5.74, 6) is 0.731. The van der Waals surface area contributed by atoms with E-state index in [4.69, 9.17) is 4.42 Å². The molecular weight excluding hydrogens is 374 g/mol. The van der Waals surface area contributed by atoms with Crippen LogP contribution in [0.15, 0.2) is 89.7 Å². The Labute approximate surface area is 175 Å². The van der Waals surface area contributed by atoms with Gasteiger partial charge in [0, 0.05) is 11.9 Å². The summed E-state index contributed by atoms with van der Waals surface area (Å²) in [7, 11) is 0. The van der Waals surface area contributed by atoms with E-state index in [1.54, 1.807) is 6.26 Å². The van der Waals surface area contributed by atoms with Crippen LogP contribution in [0.2, 0.25) is 0 Å². The van der Waals surface area contributed by atoms with Gasteiger partial charge in [-0.3, -0.25) is 0 Å². The number of hydrogen-bond donors (Lipinski definition) is 1. The highest BCUT2D eigenvalue weighted by Gasteiger charge is 2.32. The summed E-state index contributed by atoms with van der Waals surface area (Å²) in [6.07, 6.45) is 3.69. The van der Waals surface area contributed by atoms with Gasteiger partial charge in [-0.05, 0) is 48.4 Å². The maximum atomic E-state index is 13.4. The van der Waals surface area contributed by atoms with E-state index >= 15 is 0 Å². The van der Waals surface area contributed by atoms with Crippen molar-refractivity contribution >= 4 is 6.03 Å². The number of furan rings is 1. The van der Waals surface area contributed by atoms with Gasteiger partial charge in [-0.1, -0.05) is 48.0 Å². The highest BCUT2D eigenvalue weighted by Crippen LogP contribution is 2.36. The summed E-state index contributed by atoms with van der Waals surface area (Å²) in [6, 6.07) is 24.1. The number of nitrogens with one attached hydrogen (secondary N) is 1. The molecule has 0 spiro atoms. The van der Waals surface area contributed by atoms with Crippen molar-refractivity contribution in [3.63, 3.8) is 0 Å². The SMILES string of the molecule is Cc1cccc(C2c3cccn3-c3ccccc3CN2C(=O)NCc2ccco2)c1. The third-order valence-electron chi connectivity index (χ3n) is 5.58. The van der Waals surface area contributed by atoms with Gasteiger partial charge < -0.3 is 19.2 Å². The van der Waals surface area contributed by atoms with Crippen LogP contribution in [0.1, 0.15) is 34.2 Å². The fourth-order valence-corrected chi connectivity index (χ4v) is 4.21. The Balaban J connectivity index is 1.60. The molecule has 0 saturated heterocycles. The Morgan fingerprint density at radius 3 is 2.80 bits per heavy atom. The van der Waals surface area contributed by atoms with Crippen LogP contribution < -0.4 is 5.32 Å². The van der Waals surface area contributed by atoms with Crippen LogP contribution in [-0.4, -0.2) is 15.5 Å². The lowest BCUT2D eigenvalue weighted by molar-refractivity contribution is 0.179.